The number of nitrogens with two attached hydrogens (primary N) is 1. The Balaban J connectivity index is 1.99. The summed E-state index contributed by atoms with van der Waals surface area (Å²) in [4.78, 5) is 0.0561. The van der Waals surface area contributed by atoms with Crippen LogP contribution in [0.15, 0.2) is 23.1 Å². The maximum atomic E-state index is 12.1. The molecule has 1 aliphatic carbocycles. The highest BCUT2D eigenvalue weighted by Gasteiger charge is 2.20. The van der Waals surface area contributed by atoms with E-state index in [-0.39, 0.29) is 9.92 Å². The molecule has 0 atom stereocenters. The number of benzene rings is 1. The molecule has 3 N–H and O–H groups in total. The summed E-state index contributed by atoms with van der Waals surface area (Å²) < 4.78 is 26.9. The molecular weight excluding hydrogens is 284 g/mol. The molecule has 106 valence electrons. The SMILES string of the molecule is Nc1ccc(Cl)c(S(=O)(=O)NCCC2CCCC2)c1. The van der Waals surface area contributed by atoms with Gasteiger partial charge in [-0.15, -0.1) is 0 Å². The molecule has 1 aromatic carbocycles. The van der Waals surface area contributed by atoms with Crippen LogP contribution in [0.25, 0.3) is 0 Å². The molecule has 0 radical (unpaired) electrons. The highest BCUT2D eigenvalue weighted by molar-refractivity contribution is 7.89. The summed E-state index contributed by atoms with van der Waals surface area (Å²) in [5.74, 6) is 0.652. The van der Waals surface area contributed by atoms with Gasteiger partial charge in [0.05, 0.1) is 5.02 Å². The molecule has 0 unspecified atom stereocenters. The minimum atomic E-state index is -3.57. The van der Waals surface area contributed by atoms with E-state index in [0.717, 1.165) is 6.42 Å². The Bertz CT molecular complexity index is 540. The molecule has 1 saturated carbocycles. The number of halogens is 1. The maximum absolute atomic E-state index is 12.1. The third-order valence-electron chi connectivity index (χ3n) is 3.56. The Hall–Kier alpha value is -0.780. The van der Waals surface area contributed by atoms with E-state index in [4.69, 9.17) is 17.3 Å². The van der Waals surface area contributed by atoms with Crippen LogP contribution < -0.4 is 10.5 Å². The molecule has 0 bridgehead atoms. The van der Waals surface area contributed by atoms with Gasteiger partial charge in [-0.05, 0) is 30.5 Å². The molecule has 1 aromatic rings. The van der Waals surface area contributed by atoms with Gasteiger partial charge in [0.1, 0.15) is 4.90 Å². The van der Waals surface area contributed by atoms with Crippen molar-refractivity contribution in [2.45, 2.75) is 37.0 Å². The van der Waals surface area contributed by atoms with Gasteiger partial charge in [0.2, 0.25) is 10.0 Å². The van der Waals surface area contributed by atoms with Crippen molar-refractivity contribution in [3.8, 4) is 0 Å². The van der Waals surface area contributed by atoms with Gasteiger partial charge in [0.15, 0.2) is 0 Å². The number of nitrogens with one attached hydrogen (secondary N) is 1. The zero-order valence-electron chi connectivity index (χ0n) is 10.7. The highest BCUT2D eigenvalue weighted by Crippen LogP contribution is 2.27. The Morgan fingerprint density at radius 3 is 2.68 bits per heavy atom. The third-order valence-corrected chi connectivity index (χ3v) is 5.51. The van der Waals surface area contributed by atoms with Gasteiger partial charge in [-0.25, -0.2) is 13.1 Å². The molecule has 6 heteroatoms. The van der Waals surface area contributed by atoms with Crippen molar-refractivity contribution in [1.29, 1.82) is 0 Å². The van der Waals surface area contributed by atoms with Crippen LogP contribution in [0.1, 0.15) is 32.1 Å². The van der Waals surface area contributed by atoms with Crippen molar-refractivity contribution in [2.75, 3.05) is 12.3 Å². The largest absolute Gasteiger partial charge is 0.399 e. The zero-order valence-corrected chi connectivity index (χ0v) is 12.3. The number of anilines is 1. The van der Waals surface area contributed by atoms with Crippen LogP contribution in [0.5, 0.6) is 0 Å². The molecule has 0 amide bonds. The van der Waals surface area contributed by atoms with Gasteiger partial charge in [0.25, 0.3) is 0 Å². The van der Waals surface area contributed by atoms with Crippen LogP contribution in [0.4, 0.5) is 5.69 Å². The first-order chi connectivity index (χ1) is 8.99. The normalized spacial score (nSPS) is 16.9. The minimum Gasteiger partial charge on any atom is -0.399 e. The molecule has 2 rings (SSSR count). The van der Waals surface area contributed by atoms with Crippen LogP contribution in [-0.4, -0.2) is 15.0 Å². The predicted molar refractivity (Wildman–Crippen MR) is 77.6 cm³/mol. The van der Waals surface area contributed by atoms with E-state index in [1.807, 2.05) is 0 Å². The molecule has 0 aliphatic heterocycles. The van der Waals surface area contributed by atoms with E-state index in [1.165, 1.54) is 37.8 Å². The van der Waals surface area contributed by atoms with Crippen LogP contribution in [0.2, 0.25) is 5.02 Å². The minimum absolute atomic E-state index is 0.0561. The molecule has 0 heterocycles. The second-order valence-electron chi connectivity index (χ2n) is 5.03. The van der Waals surface area contributed by atoms with Gasteiger partial charge in [-0.2, -0.15) is 0 Å². The van der Waals surface area contributed by atoms with Crippen molar-refractivity contribution >= 4 is 27.3 Å². The highest BCUT2D eigenvalue weighted by atomic mass is 35.5. The summed E-state index contributed by atoms with van der Waals surface area (Å²) in [6, 6.07) is 4.47. The fourth-order valence-corrected chi connectivity index (χ4v) is 4.08. The first-order valence-corrected chi connectivity index (χ1v) is 8.40. The smallest absolute Gasteiger partial charge is 0.242 e. The number of sulfonamides is 1. The lowest BCUT2D eigenvalue weighted by Crippen LogP contribution is -2.26. The van der Waals surface area contributed by atoms with Gasteiger partial charge < -0.3 is 5.73 Å². The zero-order chi connectivity index (χ0) is 13.9. The van der Waals surface area contributed by atoms with Crippen molar-refractivity contribution in [2.24, 2.45) is 5.92 Å². The van der Waals surface area contributed by atoms with E-state index in [1.54, 1.807) is 6.07 Å². The van der Waals surface area contributed by atoms with E-state index >= 15 is 0 Å². The lowest BCUT2D eigenvalue weighted by molar-refractivity contribution is 0.495. The molecular formula is C13H19ClN2O2S. The lowest BCUT2D eigenvalue weighted by atomic mass is 10.1. The van der Waals surface area contributed by atoms with E-state index in [9.17, 15) is 8.42 Å². The molecule has 0 saturated heterocycles. The maximum Gasteiger partial charge on any atom is 0.242 e. The quantitative estimate of drug-likeness (QED) is 0.822. The molecule has 1 aliphatic rings. The Kier molecular flexibility index (Phi) is 4.71. The average Bonchev–Trinajstić information content (AvgIpc) is 2.85. The summed E-state index contributed by atoms with van der Waals surface area (Å²) in [5, 5.41) is 0.197. The summed E-state index contributed by atoms with van der Waals surface area (Å²) in [5.41, 5.74) is 5.99. The van der Waals surface area contributed by atoms with Crippen LogP contribution in [0.3, 0.4) is 0 Å². The second kappa shape index (κ2) is 6.11. The van der Waals surface area contributed by atoms with E-state index in [0.29, 0.717) is 18.2 Å². The molecule has 0 spiro atoms. The molecule has 0 aromatic heterocycles. The summed E-state index contributed by atoms with van der Waals surface area (Å²) >= 11 is 5.91. The second-order valence-corrected chi connectivity index (χ2v) is 7.17. The molecule has 4 nitrogen and oxygen atoms in total. The number of hydrogen-bond acceptors (Lipinski definition) is 3. The topological polar surface area (TPSA) is 72.2 Å². The van der Waals surface area contributed by atoms with E-state index < -0.39 is 10.0 Å². The summed E-state index contributed by atoms with van der Waals surface area (Å²) in [6.45, 7) is 0.456. The van der Waals surface area contributed by atoms with Crippen molar-refractivity contribution < 1.29 is 8.42 Å². The lowest BCUT2D eigenvalue weighted by Gasteiger charge is -2.11. The first-order valence-electron chi connectivity index (χ1n) is 6.54. The Labute approximate surface area is 119 Å². The predicted octanol–water partition coefficient (Wildman–Crippen LogP) is 2.78. The van der Waals surface area contributed by atoms with Crippen LogP contribution in [-0.2, 0) is 10.0 Å². The summed E-state index contributed by atoms with van der Waals surface area (Å²) in [6.07, 6.45) is 5.83. The average molecular weight is 303 g/mol. The molecule has 19 heavy (non-hydrogen) atoms. The Morgan fingerprint density at radius 1 is 1.32 bits per heavy atom. The van der Waals surface area contributed by atoms with Crippen molar-refractivity contribution in [3.63, 3.8) is 0 Å². The van der Waals surface area contributed by atoms with Crippen molar-refractivity contribution in [1.82, 2.24) is 4.72 Å². The molecule has 1 fully saturated rings. The Morgan fingerprint density at radius 2 is 2.00 bits per heavy atom. The number of hydrogen-bond donors (Lipinski definition) is 2. The first kappa shape index (κ1) is 14.6. The van der Waals surface area contributed by atoms with Gasteiger partial charge in [0, 0.05) is 12.2 Å². The van der Waals surface area contributed by atoms with Gasteiger partial charge >= 0.3 is 0 Å². The standard InChI is InChI=1S/C13H19ClN2O2S/c14-12-6-5-11(15)9-13(12)19(17,18)16-8-7-10-3-1-2-4-10/h5-6,9-10,16H,1-4,7-8,15H2. The van der Waals surface area contributed by atoms with Gasteiger partial charge in [-0.3, -0.25) is 0 Å². The fraction of sp³-hybridized carbons (Fsp3) is 0.538. The van der Waals surface area contributed by atoms with Gasteiger partial charge in [-0.1, -0.05) is 37.3 Å². The van der Waals surface area contributed by atoms with Crippen LogP contribution in [0, 0.1) is 5.92 Å². The fourth-order valence-electron chi connectivity index (χ4n) is 2.50. The third kappa shape index (κ3) is 3.84. The summed E-state index contributed by atoms with van der Waals surface area (Å²) in [7, 11) is -3.57. The number of nitrogen functional groups attached to an aromatic ring is 1. The van der Waals surface area contributed by atoms with E-state index in [2.05, 4.69) is 4.72 Å². The number of rotatable bonds is 5. The van der Waals surface area contributed by atoms with Crippen molar-refractivity contribution in [3.05, 3.63) is 23.2 Å². The monoisotopic (exact) mass is 302 g/mol. The van der Waals surface area contributed by atoms with Crippen LogP contribution >= 0.6 is 11.6 Å².